The van der Waals surface area contributed by atoms with Crippen molar-refractivity contribution in [2.75, 3.05) is 6.54 Å². The molecule has 5 heteroatoms. The van der Waals surface area contributed by atoms with Gasteiger partial charge in [-0.15, -0.1) is 0 Å². The summed E-state index contributed by atoms with van der Waals surface area (Å²) in [5.74, 6) is 0.282. The van der Waals surface area contributed by atoms with Crippen LogP contribution in [0.3, 0.4) is 0 Å². The van der Waals surface area contributed by atoms with E-state index in [1.54, 1.807) is 6.07 Å². The van der Waals surface area contributed by atoms with Gasteiger partial charge in [0.15, 0.2) is 0 Å². The van der Waals surface area contributed by atoms with E-state index in [1.807, 2.05) is 25.1 Å². The van der Waals surface area contributed by atoms with Crippen molar-refractivity contribution in [3.8, 4) is 0 Å². The van der Waals surface area contributed by atoms with Crippen LogP contribution in [-0.4, -0.2) is 22.6 Å². The van der Waals surface area contributed by atoms with E-state index in [2.05, 4.69) is 34.5 Å². The molecule has 0 bridgehead atoms. The summed E-state index contributed by atoms with van der Waals surface area (Å²) >= 11 is 0. The average Bonchev–Trinajstić information content (AvgIpc) is 3.04. The number of nitrogens with one attached hydrogen (secondary N) is 1. The molecular formula is C19H21N3O2. The predicted molar refractivity (Wildman–Crippen MR) is 93.0 cm³/mol. The van der Waals surface area contributed by atoms with E-state index in [4.69, 9.17) is 4.52 Å². The zero-order valence-electron chi connectivity index (χ0n) is 14.0. The molecule has 24 heavy (non-hydrogen) atoms. The molecule has 0 saturated heterocycles. The Morgan fingerprint density at radius 2 is 2.08 bits per heavy atom. The van der Waals surface area contributed by atoms with Gasteiger partial charge in [0.2, 0.25) is 0 Å². The maximum atomic E-state index is 12.3. The number of aromatic nitrogens is 2. The van der Waals surface area contributed by atoms with Crippen molar-refractivity contribution < 1.29 is 9.32 Å². The monoisotopic (exact) mass is 323 g/mol. The number of carbonyl (C=O) groups is 1. The summed E-state index contributed by atoms with van der Waals surface area (Å²) in [5.41, 5.74) is 3.12. The molecule has 0 aliphatic carbocycles. The molecule has 0 radical (unpaired) electrons. The summed E-state index contributed by atoms with van der Waals surface area (Å²) in [6.07, 6.45) is 3.16. The van der Waals surface area contributed by atoms with Crippen LogP contribution in [0.5, 0.6) is 0 Å². The first-order valence-electron chi connectivity index (χ1n) is 8.26. The topological polar surface area (TPSA) is 68.0 Å². The lowest BCUT2D eigenvalue weighted by molar-refractivity contribution is 0.0952. The number of hydrogen-bond acceptors (Lipinski definition) is 4. The second kappa shape index (κ2) is 7.25. The van der Waals surface area contributed by atoms with Crippen LogP contribution < -0.4 is 5.32 Å². The Bertz CT molecular complexity index is 827. The molecule has 3 aromatic rings. The van der Waals surface area contributed by atoms with Crippen LogP contribution in [0.15, 0.2) is 47.1 Å². The standard InChI is InChI=1S/C19H21N3O2/c1-3-17-16-11-15(12-21-19(16)24-22-17)18(23)20-10-9-13(2)14-7-5-4-6-8-14/h4-8,11-13H,3,9-10H2,1-2H3,(H,20,23). The molecule has 0 fully saturated rings. The normalized spacial score (nSPS) is 12.2. The van der Waals surface area contributed by atoms with Gasteiger partial charge in [0.05, 0.1) is 16.6 Å². The average molecular weight is 323 g/mol. The largest absolute Gasteiger partial charge is 0.352 e. The maximum absolute atomic E-state index is 12.3. The highest BCUT2D eigenvalue weighted by atomic mass is 16.5. The van der Waals surface area contributed by atoms with Crippen molar-refractivity contribution in [3.63, 3.8) is 0 Å². The van der Waals surface area contributed by atoms with Gasteiger partial charge in [-0.1, -0.05) is 49.3 Å². The lowest BCUT2D eigenvalue weighted by Gasteiger charge is -2.12. The van der Waals surface area contributed by atoms with Gasteiger partial charge in [-0.05, 0) is 30.4 Å². The van der Waals surface area contributed by atoms with Crippen LogP contribution in [0.4, 0.5) is 0 Å². The van der Waals surface area contributed by atoms with Crippen molar-refractivity contribution in [1.29, 1.82) is 0 Å². The molecule has 0 aliphatic heterocycles. The third kappa shape index (κ3) is 3.45. The second-order valence-corrected chi connectivity index (χ2v) is 5.92. The number of nitrogens with zero attached hydrogens (tertiary/aromatic N) is 2. The molecule has 0 aliphatic rings. The number of rotatable bonds is 6. The fraction of sp³-hybridized carbons (Fsp3) is 0.316. The Morgan fingerprint density at radius 3 is 2.83 bits per heavy atom. The van der Waals surface area contributed by atoms with Gasteiger partial charge in [-0.3, -0.25) is 4.79 Å². The fourth-order valence-corrected chi connectivity index (χ4v) is 2.71. The quantitative estimate of drug-likeness (QED) is 0.751. The van der Waals surface area contributed by atoms with Gasteiger partial charge in [0.25, 0.3) is 11.6 Å². The lowest BCUT2D eigenvalue weighted by atomic mass is 9.98. The van der Waals surface area contributed by atoms with Gasteiger partial charge in [-0.2, -0.15) is 0 Å². The molecule has 0 saturated carbocycles. The lowest BCUT2D eigenvalue weighted by Crippen LogP contribution is -2.25. The molecule has 1 atom stereocenters. The molecule has 124 valence electrons. The number of benzene rings is 1. The van der Waals surface area contributed by atoms with Crippen LogP contribution in [0.25, 0.3) is 11.1 Å². The van der Waals surface area contributed by atoms with Crippen LogP contribution in [0.2, 0.25) is 0 Å². The molecule has 1 unspecified atom stereocenters. The van der Waals surface area contributed by atoms with Crippen LogP contribution in [0.1, 0.15) is 47.8 Å². The van der Waals surface area contributed by atoms with E-state index in [9.17, 15) is 4.79 Å². The van der Waals surface area contributed by atoms with E-state index in [-0.39, 0.29) is 5.91 Å². The first-order valence-corrected chi connectivity index (χ1v) is 8.26. The molecule has 1 amide bonds. The van der Waals surface area contributed by atoms with E-state index in [0.717, 1.165) is 23.9 Å². The summed E-state index contributed by atoms with van der Waals surface area (Å²) in [4.78, 5) is 16.5. The summed E-state index contributed by atoms with van der Waals surface area (Å²) in [7, 11) is 0. The van der Waals surface area contributed by atoms with Gasteiger partial charge < -0.3 is 9.84 Å². The first kappa shape index (κ1) is 16.2. The molecule has 0 spiro atoms. The molecule has 2 aromatic heterocycles. The molecular weight excluding hydrogens is 302 g/mol. The number of aryl methyl sites for hydroxylation is 1. The van der Waals surface area contributed by atoms with E-state index in [0.29, 0.717) is 23.7 Å². The third-order valence-corrected chi connectivity index (χ3v) is 4.23. The Kier molecular flexibility index (Phi) is 4.89. The van der Waals surface area contributed by atoms with Crippen molar-refractivity contribution >= 4 is 17.0 Å². The second-order valence-electron chi connectivity index (χ2n) is 5.92. The maximum Gasteiger partial charge on any atom is 0.257 e. The number of fused-ring (bicyclic) bond motifs is 1. The summed E-state index contributed by atoms with van der Waals surface area (Å²) in [6.45, 7) is 4.78. The molecule has 3 rings (SSSR count). The SMILES string of the molecule is CCc1noc2ncc(C(=O)NCCC(C)c3ccccc3)cc12. The number of amides is 1. The Hall–Kier alpha value is -2.69. The highest BCUT2D eigenvalue weighted by molar-refractivity contribution is 5.96. The van der Waals surface area contributed by atoms with Gasteiger partial charge in [-0.25, -0.2) is 4.98 Å². The summed E-state index contributed by atoms with van der Waals surface area (Å²) in [6, 6.07) is 12.1. The highest BCUT2D eigenvalue weighted by Crippen LogP contribution is 2.19. The van der Waals surface area contributed by atoms with Crippen LogP contribution in [-0.2, 0) is 6.42 Å². The molecule has 5 nitrogen and oxygen atoms in total. The van der Waals surface area contributed by atoms with E-state index in [1.165, 1.54) is 11.8 Å². The van der Waals surface area contributed by atoms with Crippen molar-refractivity contribution in [1.82, 2.24) is 15.5 Å². The first-order chi connectivity index (χ1) is 11.7. The molecule has 1 aromatic carbocycles. The van der Waals surface area contributed by atoms with Gasteiger partial charge >= 0.3 is 0 Å². The summed E-state index contributed by atoms with van der Waals surface area (Å²) < 4.78 is 5.14. The minimum atomic E-state index is -0.118. The Labute approximate surface area is 141 Å². The van der Waals surface area contributed by atoms with E-state index < -0.39 is 0 Å². The third-order valence-electron chi connectivity index (χ3n) is 4.23. The van der Waals surface area contributed by atoms with E-state index >= 15 is 0 Å². The van der Waals surface area contributed by atoms with Crippen LogP contribution >= 0.6 is 0 Å². The number of hydrogen-bond donors (Lipinski definition) is 1. The van der Waals surface area contributed by atoms with Crippen molar-refractivity contribution in [2.45, 2.75) is 32.6 Å². The molecule has 1 N–H and O–H groups in total. The fourth-order valence-electron chi connectivity index (χ4n) is 2.71. The van der Waals surface area contributed by atoms with Gasteiger partial charge in [0.1, 0.15) is 0 Å². The van der Waals surface area contributed by atoms with Gasteiger partial charge in [0, 0.05) is 12.7 Å². The van der Waals surface area contributed by atoms with Crippen LogP contribution in [0, 0.1) is 0 Å². The Balaban J connectivity index is 1.61. The zero-order valence-corrected chi connectivity index (χ0v) is 14.0. The number of carbonyl (C=O) groups excluding carboxylic acids is 1. The summed E-state index contributed by atoms with van der Waals surface area (Å²) in [5, 5.41) is 7.74. The smallest absolute Gasteiger partial charge is 0.257 e. The predicted octanol–water partition coefficient (Wildman–Crippen LogP) is 3.71. The Morgan fingerprint density at radius 1 is 1.29 bits per heavy atom. The minimum Gasteiger partial charge on any atom is -0.352 e. The minimum absolute atomic E-state index is 0.118. The molecule has 2 heterocycles. The highest BCUT2D eigenvalue weighted by Gasteiger charge is 2.13. The van der Waals surface area contributed by atoms with Crippen molar-refractivity contribution in [3.05, 3.63) is 59.4 Å². The zero-order chi connectivity index (χ0) is 16.9. The number of pyridine rings is 1. The van der Waals surface area contributed by atoms with Crippen molar-refractivity contribution in [2.24, 2.45) is 0 Å².